The summed E-state index contributed by atoms with van der Waals surface area (Å²) in [5.74, 6) is 0. The van der Waals surface area contributed by atoms with Crippen molar-refractivity contribution in [2.75, 3.05) is 0 Å². The molecule has 20 heavy (non-hydrogen) atoms. The molecule has 0 bridgehead atoms. The van der Waals surface area contributed by atoms with Crippen molar-refractivity contribution < 1.29 is 0 Å². The Morgan fingerprint density at radius 2 is 1.80 bits per heavy atom. The molecule has 2 aromatic carbocycles. The van der Waals surface area contributed by atoms with Gasteiger partial charge in [0.2, 0.25) is 0 Å². The van der Waals surface area contributed by atoms with Gasteiger partial charge in [-0.25, -0.2) is 4.98 Å². The smallest absolute Gasteiger partial charge is 0.107 e. The lowest BCUT2D eigenvalue weighted by Crippen LogP contribution is -2.00. The van der Waals surface area contributed by atoms with Gasteiger partial charge < -0.3 is 4.57 Å². The maximum Gasteiger partial charge on any atom is 0.107 e. The highest BCUT2D eigenvalue weighted by molar-refractivity contribution is 6.39. The Kier molecular flexibility index (Phi) is 2.47. The highest BCUT2D eigenvalue weighted by Gasteiger charge is 2.20. The zero-order valence-corrected chi connectivity index (χ0v) is 12.2. The minimum Gasteiger partial charge on any atom is -0.342 e. The summed E-state index contributed by atoms with van der Waals surface area (Å²) in [4.78, 5) is 4.66. The maximum atomic E-state index is 6.56. The number of rotatable bonds is 0. The van der Waals surface area contributed by atoms with Gasteiger partial charge in [0, 0.05) is 28.4 Å². The van der Waals surface area contributed by atoms with Gasteiger partial charge in [0.25, 0.3) is 0 Å². The van der Waals surface area contributed by atoms with Gasteiger partial charge in [-0.05, 0) is 24.3 Å². The number of hydrogen-bond acceptors (Lipinski definition) is 1. The van der Waals surface area contributed by atoms with Gasteiger partial charge >= 0.3 is 0 Å². The Bertz CT molecular complexity index is 940. The first-order valence-electron chi connectivity index (χ1n) is 6.28. The van der Waals surface area contributed by atoms with Gasteiger partial charge in [0.1, 0.15) is 5.69 Å². The molecule has 0 saturated carbocycles. The Morgan fingerprint density at radius 1 is 1.00 bits per heavy atom. The van der Waals surface area contributed by atoms with Crippen LogP contribution in [-0.4, -0.2) is 9.55 Å². The third kappa shape index (κ3) is 1.49. The van der Waals surface area contributed by atoms with E-state index in [0.29, 0.717) is 10.0 Å². The number of nitrogens with zero attached hydrogens (tertiary/aromatic N) is 2. The minimum absolute atomic E-state index is 0.659. The topological polar surface area (TPSA) is 17.8 Å². The van der Waals surface area contributed by atoms with Crippen molar-refractivity contribution in [1.82, 2.24) is 9.55 Å². The van der Waals surface area contributed by atoms with Gasteiger partial charge in [-0.3, -0.25) is 0 Å². The Labute approximate surface area is 125 Å². The van der Waals surface area contributed by atoms with Gasteiger partial charge in [-0.2, -0.15) is 0 Å². The SMILES string of the molecule is Cn1c2c3ccccc3nc-2c(Cl)c2cc(Cl)ccc21. The molecule has 0 saturated heterocycles. The highest BCUT2D eigenvalue weighted by Crippen LogP contribution is 2.40. The fourth-order valence-corrected chi connectivity index (χ4v) is 3.24. The quantitative estimate of drug-likeness (QED) is 0.440. The van der Waals surface area contributed by atoms with Crippen molar-refractivity contribution in [3.63, 3.8) is 0 Å². The summed E-state index contributed by atoms with van der Waals surface area (Å²) in [5, 5.41) is 3.38. The van der Waals surface area contributed by atoms with E-state index in [1.165, 1.54) is 0 Å². The van der Waals surface area contributed by atoms with Crippen molar-refractivity contribution in [1.29, 1.82) is 0 Å². The molecular formula is C16H10Cl2N2. The van der Waals surface area contributed by atoms with Crippen LogP contribution in [0.3, 0.4) is 0 Å². The zero-order valence-electron chi connectivity index (χ0n) is 10.7. The molecule has 4 rings (SSSR count). The summed E-state index contributed by atoms with van der Waals surface area (Å²) >= 11 is 12.6. The molecular weight excluding hydrogens is 291 g/mol. The van der Waals surface area contributed by atoms with Crippen LogP contribution in [0.25, 0.3) is 33.2 Å². The number of aromatic nitrogens is 2. The van der Waals surface area contributed by atoms with Gasteiger partial charge in [-0.1, -0.05) is 41.4 Å². The second-order valence-corrected chi connectivity index (χ2v) is 5.68. The molecule has 2 aliphatic heterocycles. The van der Waals surface area contributed by atoms with Crippen LogP contribution in [0.5, 0.6) is 0 Å². The van der Waals surface area contributed by atoms with E-state index >= 15 is 0 Å². The van der Waals surface area contributed by atoms with Crippen LogP contribution in [0.1, 0.15) is 0 Å². The average Bonchev–Trinajstić information content (AvgIpc) is 2.84. The molecule has 0 atom stereocenters. The first-order chi connectivity index (χ1) is 9.66. The predicted octanol–water partition coefficient (Wildman–Crippen LogP) is 5.14. The molecule has 2 heterocycles. The summed E-state index contributed by atoms with van der Waals surface area (Å²) < 4.78 is 2.13. The van der Waals surface area contributed by atoms with Crippen molar-refractivity contribution >= 4 is 45.0 Å². The summed E-state index contributed by atoms with van der Waals surface area (Å²) in [6, 6.07) is 13.8. The lowest BCUT2D eigenvalue weighted by molar-refractivity contribution is 0.967. The Morgan fingerprint density at radius 3 is 2.65 bits per heavy atom. The van der Waals surface area contributed by atoms with E-state index in [0.717, 1.165) is 33.2 Å². The molecule has 0 fully saturated rings. The van der Waals surface area contributed by atoms with Crippen LogP contribution >= 0.6 is 23.2 Å². The summed E-state index contributed by atoms with van der Waals surface area (Å²) in [5.41, 5.74) is 3.89. The molecule has 0 spiro atoms. The minimum atomic E-state index is 0.659. The van der Waals surface area contributed by atoms with Crippen LogP contribution in [0.4, 0.5) is 0 Å². The van der Waals surface area contributed by atoms with E-state index in [9.17, 15) is 0 Å². The fourth-order valence-electron chi connectivity index (χ4n) is 2.79. The molecule has 0 aromatic heterocycles. The molecule has 98 valence electrons. The number of para-hydroxylation sites is 1. The van der Waals surface area contributed by atoms with Crippen LogP contribution in [0.2, 0.25) is 10.0 Å². The molecule has 0 unspecified atom stereocenters. The third-order valence-electron chi connectivity index (χ3n) is 3.72. The van der Waals surface area contributed by atoms with E-state index in [-0.39, 0.29) is 0 Å². The fraction of sp³-hybridized carbons (Fsp3) is 0.0625. The third-order valence-corrected chi connectivity index (χ3v) is 4.33. The number of halogens is 2. The standard InChI is InChI=1S/C16H10Cl2N2/c1-20-13-7-6-9(17)8-11(13)14(18)15-16(20)10-4-2-3-5-12(10)19-15/h2-8H,1H3. The van der Waals surface area contributed by atoms with Crippen LogP contribution in [0.15, 0.2) is 42.5 Å². The molecule has 0 aliphatic carbocycles. The van der Waals surface area contributed by atoms with E-state index in [2.05, 4.69) is 15.6 Å². The number of pyridine rings is 1. The molecule has 0 amide bonds. The van der Waals surface area contributed by atoms with Gasteiger partial charge in [-0.15, -0.1) is 0 Å². The van der Waals surface area contributed by atoms with Crippen molar-refractivity contribution in [3.8, 4) is 11.4 Å². The van der Waals surface area contributed by atoms with Crippen LogP contribution in [-0.2, 0) is 7.05 Å². The van der Waals surface area contributed by atoms with Crippen LogP contribution < -0.4 is 0 Å². The summed E-state index contributed by atoms with van der Waals surface area (Å²) in [7, 11) is 2.03. The predicted molar refractivity (Wildman–Crippen MR) is 84.9 cm³/mol. The van der Waals surface area contributed by atoms with E-state index in [4.69, 9.17) is 23.2 Å². The van der Waals surface area contributed by atoms with Gasteiger partial charge in [0.05, 0.1) is 16.2 Å². The highest BCUT2D eigenvalue weighted by atomic mass is 35.5. The largest absolute Gasteiger partial charge is 0.342 e. The average molecular weight is 301 g/mol. The van der Waals surface area contributed by atoms with Crippen molar-refractivity contribution in [2.24, 2.45) is 7.05 Å². The van der Waals surface area contributed by atoms with E-state index in [1.807, 2.05) is 43.4 Å². The second-order valence-electron chi connectivity index (χ2n) is 4.86. The van der Waals surface area contributed by atoms with E-state index < -0.39 is 0 Å². The molecule has 0 N–H and O–H groups in total. The Balaban J connectivity index is 2.32. The lowest BCUT2D eigenvalue weighted by Gasteiger charge is -2.14. The molecule has 2 nitrogen and oxygen atoms in total. The zero-order chi connectivity index (χ0) is 13.9. The first kappa shape index (κ1) is 12.0. The number of fused-ring (bicyclic) bond motifs is 4. The van der Waals surface area contributed by atoms with E-state index in [1.54, 1.807) is 0 Å². The van der Waals surface area contributed by atoms with Crippen LogP contribution in [0, 0.1) is 0 Å². The Hall–Kier alpha value is -1.77. The first-order valence-corrected chi connectivity index (χ1v) is 7.04. The second kappa shape index (κ2) is 4.11. The number of hydrogen-bond donors (Lipinski definition) is 0. The number of aryl methyl sites for hydroxylation is 1. The molecule has 2 aromatic rings. The summed E-state index contributed by atoms with van der Waals surface area (Å²) in [6.07, 6.45) is 0. The van der Waals surface area contributed by atoms with Gasteiger partial charge in [0.15, 0.2) is 0 Å². The summed E-state index contributed by atoms with van der Waals surface area (Å²) in [6.45, 7) is 0. The lowest BCUT2D eigenvalue weighted by atomic mass is 10.1. The maximum absolute atomic E-state index is 6.56. The monoisotopic (exact) mass is 300 g/mol. The number of benzene rings is 2. The molecule has 4 heteroatoms. The molecule has 0 radical (unpaired) electrons. The molecule has 2 aliphatic rings. The normalized spacial score (nSPS) is 11.8. The van der Waals surface area contributed by atoms with Crippen molar-refractivity contribution in [3.05, 3.63) is 52.5 Å². The van der Waals surface area contributed by atoms with Crippen molar-refractivity contribution in [2.45, 2.75) is 0 Å².